The number of urea groups is 1. The molecule has 1 aliphatic rings. The van der Waals surface area contributed by atoms with Gasteiger partial charge in [-0.1, -0.05) is 24.3 Å². The molecule has 0 saturated carbocycles. The van der Waals surface area contributed by atoms with Crippen molar-refractivity contribution in [3.8, 4) is 11.1 Å². The highest BCUT2D eigenvalue weighted by Crippen LogP contribution is 2.38. The fraction of sp³-hybridized carbons (Fsp3) is 0.464. The highest BCUT2D eigenvalue weighted by molar-refractivity contribution is 7.22. The van der Waals surface area contributed by atoms with Gasteiger partial charge in [-0.3, -0.25) is 20.4 Å². The Labute approximate surface area is 238 Å². The largest absolute Gasteiger partial charge is 0.466 e. The maximum absolute atomic E-state index is 12.6. The van der Waals surface area contributed by atoms with Crippen LogP contribution >= 0.6 is 11.3 Å². The second-order valence-electron chi connectivity index (χ2n) is 9.50. The Morgan fingerprint density at radius 2 is 1.85 bits per heavy atom. The summed E-state index contributed by atoms with van der Waals surface area (Å²) < 4.78 is 6.26. The number of hydroxylamine groups is 1. The third-order valence-corrected chi connectivity index (χ3v) is 8.22. The van der Waals surface area contributed by atoms with E-state index in [9.17, 15) is 9.59 Å². The Hall–Kier alpha value is -3.77. The normalized spacial score (nSPS) is 15.1. The highest BCUT2D eigenvalue weighted by Gasteiger charge is 2.41. The Bertz CT molecular complexity index is 1360. The predicted molar refractivity (Wildman–Crippen MR) is 158 cm³/mol. The van der Waals surface area contributed by atoms with Crippen LogP contribution in [0.15, 0.2) is 30.6 Å². The third-order valence-electron chi connectivity index (χ3n) is 7.20. The van der Waals surface area contributed by atoms with Crippen molar-refractivity contribution in [3.05, 3.63) is 36.2 Å². The Morgan fingerprint density at radius 1 is 1.12 bits per heavy atom. The van der Waals surface area contributed by atoms with Gasteiger partial charge in [-0.25, -0.2) is 19.7 Å². The van der Waals surface area contributed by atoms with Crippen molar-refractivity contribution >= 4 is 50.3 Å². The van der Waals surface area contributed by atoms with Crippen LogP contribution in [0.4, 0.5) is 15.9 Å². The number of carbonyl (C=O) groups is 2. The minimum atomic E-state index is -0.433. The fourth-order valence-electron chi connectivity index (χ4n) is 4.89. The van der Waals surface area contributed by atoms with E-state index in [0.29, 0.717) is 50.2 Å². The van der Waals surface area contributed by atoms with Gasteiger partial charge >= 0.3 is 12.0 Å². The van der Waals surface area contributed by atoms with Crippen molar-refractivity contribution in [1.82, 2.24) is 25.7 Å². The summed E-state index contributed by atoms with van der Waals surface area (Å²) in [6.45, 7) is 9.96. The van der Waals surface area contributed by atoms with Crippen LogP contribution in [0.3, 0.4) is 0 Å². The summed E-state index contributed by atoms with van der Waals surface area (Å²) in [5, 5.41) is 6.02. The molecule has 1 saturated heterocycles. The first-order valence-corrected chi connectivity index (χ1v) is 14.4. The number of rotatable bonds is 10. The molecule has 0 atom stereocenters. The van der Waals surface area contributed by atoms with Gasteiger partial charge in [0.1, 0.15) is 0 Å². The lowest BCUT2D eigenvalue weighted by Crippen LogP contribution is -2.45. The lowest BCUT2D eigenvalue weighted by Gasteiger charge is -2.39. The number of carbonyl (C=O) groups excluding carboxylic acids is 2. The monoisotopic (exact) mass is 567 g/mol. The maximum Gasteiger partial charge on any atom is 0.321 e. The average molecular weight is 568 g/mol. The number of benzene rings is 1. The van der Waals surface area contributed by atoms with E-state index in [1.54, 1.807) is 19.5 Å². The van der Waals surface area contributed by atoms with Crippen molar-refractivity contribution in [1.29, 1.82) is 0 Å². The number of allylic oxidation sites excluding steroid dienone is 1. The minimum Gasteiger partial charge on any atom is -0.466 e. The number of hydrogen-bond acceptors (Lipinski definition) is 10. The number of hydrogen-bond donors (Lipinski definition) is 3. The fourth-order valence-corrected chi connectivity index (χ4v) is 5.86. The van der Waals surface area contributed by atoms with Crippen LogP contribution in [-0.2, 0) is 14.4 Å². The molecule has 0 radical (unpaired) electrons. The zero-order chi connectivity index (χ0) is 28.7. The predicted octanol–water partition coefficient (Wildman–Crippen LogP) is 4.97. The van der Waals surface area contributed by atoms with E-state index in [2.05, 4.69) is 36.0 Å². The van der Waals surface area contributed by atoms with Crippen LogP contribution in [0.1, 0.15) is 52.5 Å². The topological polar surface area (TPSA) is 131 Å². The molecule has 2 amide bonds. The second kappa shape index (κ2) is 13.1. The number of esters is 1. The molecule has 2 aromatic heterocycles. The summed E-state index contributed by atoms with van der Waals surface area (Å²) in [7, 11) is 1.56. The molecular weight excluding hydrogens is 530 g/mol. The number of anilines is 2. The van der Waals surface area contributed by atoms with Gasteiger partial charge in [0.25, 0.3) is 0 Å². The molecule has 1 aromatic carbocycles. The number of ether oxygens (including phenoxy) is 1. The lowest BCUT2D eigenvalue weighted by molar-refractivity contribution is -0.157. The molecule has 3 N–H and O–H groups in total. The van der Waals surface area contributed by atoms with E-state index < -0.39 is 5.41 Å². The van der Waals surface area contributed by atoms with Crippen LogP contribution in [0.2, 0.25) is 0 Å². The molecule has 3 heterocycles. The quantitative estimate of drug-likeness (QED) is 0.230. The number of nitrogens with one attached hydrogen (secondary N) is 3. The number of thiazole rings is 1. The SMILES string of the molecule is C/C=C(\NOC)c1cc(-c2cnc(N3CCC(CC)(C(=O)OCC)CC3)nc2)cc2nc(NC(=O)NCC)sc12. The molecule has 0 bridgehead atoms. The van der Waals surface area contributed by atoms with Gasteiger partial charge < -0.3 is 15.0 Å². The minimum absolute atomic E-state index is 0.102. The lowest BCUT2D eigenvalue weighted by atomic mass is 9.76. The molecule has 3 aromatic rings. The Kier molecular flexibility index (Phi) is 9.54. The summed E-state index contributed by atoms with van der Waals surface area (Å²) in [6, 6.07) is 3.70. The van der Waals surface area contributed by atoms with Crippen LogP contribution in [0, 0.1) is 5.41 Å². The number of aromatic nitrogens is 3. The molecule has 40 heavy (non-hydrogen) atoms. The summed E-state index contributed by atoms with van der Waals surface area (Å²) in [5.74, 6) is 0.533. The molecule has 11 nitrogen and oxygen atoms in total. The van der Waals surface area contributed by atoms with Gasteiger partial charge in [-0.05, 0) is 57.7 Å². The molecule has 1 fully saturated rings. The first kappa shape index (κ1) is 29.2. The zero-order valence-corrected chi connectivity index (χ0v) is 24.5. The van der Waals surface area contributed by atoms with Crippen LogP contribution in [-0.4, -0.2) is 60.3 Å². The number of fused-ring (bicyclic) bond motifs is 1. The summed E-state index contributed by atoms with van der Waals surface area (Å²) in [4.78, 5) is 46.0. The zero-order valence-electron chi connectivity index (χ0n) is 23.7. The van der Waals surface area contributed by atoms with Gasteiger partial charge in [0, 0.05) is 43.2 Å². The number of piperidine rings is 1. The van der Waals surface area contributed by atoms with Crippen molar-refractivity contribution in [2.24, 2.45) is 5.41 Å². The number of amides is 2. The maximum atomic E-state index is 12.6. The molecule has 1 aliphatic heterocycles. The van der Waals surface area contributed by atoms with Crippen LogP contribution < -0.4 is 21.0 Å². The van der Waals surface area contributed by atoms with Crippen LogP contribution in [0.5, 0.6) is 0 Å². The van der Waals surface area contributed by atoms with E-state index >= 15 is 0 Å². The Morgan fingerprint density at radius 3 is 2.45 bits per heavy atom. The Balaban J connectivity index is 1.60. The van der Waals surface area contributed by atoms with Gasteiger partial charge in [0.15, 0.2) is 5.13 Å². The number of nitrogens with zero attached hydrogens (tertiary/aromatic N) is 4. The van der Waals surface area contributed by atoms with Crippen molar-refractivity contribution in [2.75, 3.05) is 43.6 Å². The molecular formula is C28H37N7O4S. The molecule has 214 valence electrons. The average Bonchev–Trinajstić information content (AvgIpc) is 3.38. The van der Waals surface area contributed by atoms with E-state index in [1.807, 2.05) is 45.9 Å². The van der Waals surface area contributed by atoms with E-state index in [4.69, 9.17) is 9.57 Å². The molecule has 12 heteroatoms. The third kappa shape index (κ3) is 6.18. The molecule has 0 aliphatic carbocycles. The highest BCUT2D eigenvalue weighted by atomic mass is 32.1. The molecule has 0 unspecified atom stereocenters. The van der Waals surface area contributed by atoms with Gasteiger partial charge in [0.05, 0.1) is 35.0 Å². The standard InChI is InChI=1S/C28H37N7O4S/c1-6-21(34-38-5)20-14-18(15-22-23(20)40-27(32-22)33-26(37)29-8-3)19-16-30-25(31-17-19)35-12-10-28(7-2,11-13-35)24(36)39-9-4/h6,14-17,34H,7-13H2,1-5H3,(H2,29,32,33,37)/b21-6-. The summed E-state index contributed by atoms with van der Waals surface area (Å²) in [5.41, 5.74) is 6.61. The van der Waals surface area contributed by atoms with Crippen molar-refractivity contribution in [2.45, 2.75) is 47.0 Å². The van der Waals surface area contributed by atoms with Crippen molar-refractivity contribution in [3.63, 3.8) is 0 Å². The van der Waals surface area contributed by atoms with Gasteiger partial charge in [0.2, 0.25) is 5.95 Å². The summed E-state index contributed by atoms with van der Waals surface area (Å²) >= 11 is 1.39. The van der Waals surface area contributed by atoms with Gasteiger partial charge in [-0.15, -0.1) is 0 Å². The second-order valence-corrected chi connectivity index (χ2v) is 10.5. The van der Waals surface area contributed by atoms with Crippen LogP contribution in [0.25, 0.3) is 27.0 Å². The van der Waals surface area contributed by atoms with E-state index in [-0.39, 0.29) is 12.0 Å². The van der Waals surface area contributed by atoms with E-state index in [0.717, 1.165) is 39.0 Å². The smallest absolute Gasteiger partial charge is 0.321 e. The van der Waals surface area contributed by atoms with E-state index in [1.165, 1.54) is 11.3 Å². The van der Waals surface area contributed by atoms with Crippen molar-refractivity contribution < 1.29 is 19.2 Å². The van der Waals surface area contributed by atoms with Gasteiger partial charge in [-0.2, -0.15) is 0 Å². The first-order chi connectivity index (χ1) is 19.4. The molecule has 0 spiro atoms. The first-order valence-electron chi connectivity index (χ1n) is 13.6. The molecule has 4 rings (SSSR count). The summed E-state index contributed by atoms with van der Waals surface area (Å²) in [6.07, 6.45) is 7.71.